The molecule has 1 unspecified atom stereocenters. The number of aromatic nitrogens is 3. The van der Waals surface area contributed by atoms with Crippen molar-refractivity contribution >= 4 is 23.3 Å². The summed E-state index contributed by atoms with van der Waals surface area (Å²) in [6.45, 7) is 1.45. The van der Waals surface area contributed by atoms with Crippen LogP contribution in [0.2, 0.25) is 0 Å². The third kappa shape index (κ3) is 5.97. The zero-order valence-electron chi connectivity index (χ0n) is 21.2. The molecule has 0 aromatic carbocycles. The highest BCUT2D eigenvalue weighted by Crippen LogP contribution is 2.39. The van der Waals surface area contributed by atoms with Crippen LogP contribution >= 0.6 is 0 Å². The van der Waals surface area contributed by atoms with Crippen molar-refractivity contribution in [2.75, 3.05) is 49.7 Å². The molecule has 2 aliphatic heterocycles. The summed E-state index contributed by atoms with van der Waals surface area (Å²) in [6, 6.07) is 0.0333. The monoisotopic (exact) mass is 578 g/mol. The van der Waals surface area contributed by atoms with E-state index in [2.05, 4.69) is 10.1 Å². The highest BCUT2D eigenvalue weighted by Gasteiger charge is 2.43. The summed E-state index contributed by atoms with van der Waals surface area (Å²) in [7, 11) is 1.34. The molecule has 11 nitrogen and oxygen atoms in total. The summed E-state index contributed by atoms with van der Waals surface area (Å²) >= 11 is 0. The third-order valence-electron chi connectivity index (χ3n) is 6.40. The molecule has 0 aliphatic carbocycles. The van der Waals surface area contributed by atoms with Gasteiger partial charge in [-0.2, -0.15) is 31.4 Å². The van der Waals surface area contributed by atoms with Gasteiger partial charge in [-0.3, -0.25) is 14.4 Å². The van der Waals surface area contributed by atoms with Gasteiger partial charge in [-0.15, -0.1) is 0 Å². The average Bonchev–Trinajstić information content (AvgIpc) is 2.87. The maximum Gasteiger partial charge on any atom is 0.425 e. The molecule has 1 fully saturated rings. The highest BCUT2D eigenvalue weighted by atomic mass is 19.4. The van der Waals surface area contributed by atoms with Gasteiger partial charge in [0, 0.05) is 26.3 Å². The minimum Gasteiger partial charge on any atom is -0.486 e. The van der Waals surface area contributed by atoms with Crippen LogP contribution < -0.4 is 20.1 Å². The Morgan fingerprint density at radius 3 is 2.55 bits per heavy atom. The molecular weight excluding hydrogens is 554 g/mol. The SMILES string of the molecule is C[C@@H](COCCC(=O)N1CCN2c3ncc(C(F)(F)F)cc3N(C)C(=O)C2C1)Oc1cn[nH]c(=O)c1C(F)(F)F. The number of amides is 2. The predicted octanol–water partition coefficient (Wildman–Crippen LogP) is 2.07. The van der Waals surface area contributed by atoms with Gasteiger partial charge in [-0.1, -0.05) is 0 Å². The molecule has 0 bridgehead atoms. The van der Waals surface area contributed by atoms with Crippen LogP contribution in [0.4, 0.5) is 37.8 Å². The van der Waals surface area contributed by atoms with Gasteiger partial charge in [-0.05, 0) is 13.0 Å². The molecule has 0 saturated carbocycles. The van der Waals surface area contributed by atoms with Crippen molar-refractivity contribution in [3.8, 4) is 5.75 Å². The van der Waals surface area contributed by atoms with E-state index in [0.29, 0.717) is 6.20 Å². The summed E-state index contributed by atoms with van der Waals surface area (Å²) in [6.07, 6.45) is -9.16. The Morgan fingerprint density at radius 1 is 1.15 bits per heavy atom. The van der Waals surface area contributed by atoms with Crippen LogP contribution in [-0.2, 0) is 26.7 Å². The number of carbonyl (C=O) groups is 2. The standard InChI is InChI=1S/C23H24F6N6O5/c1-12(40-16-9-31-32-20(37)18(16)23(27,28)29)11-39-6-3-17(36)34-4-5-35-15(10-34)21(38)33(2)14-7-13(22(24,25)26)8-30-19(14)35/h7-9,12,15H,3-6,10-11H2,1-2H3,(H,32,37)/t12-,15?/m0/s1. The fourth-order valence-electron chi connectivity index (χ4n) is 4.44. The number of alkyl halides is 6. The molecule has 2 aliphatic rings. The van der Waals surface area contributed by atoms with Crippen molar-refractivity contribution in [1.82, 2.24) is 20.1 Å². The molecule has 1 saturated heterocycles. The van der Waals surface area contributed by atoms with Gasteiger partial charge in [0.2, 0.25) is 5.91 Å². The molecule has 2 amide bonds. The van der Waals surface area contributed by atoms with Crippen LogP contribution in [0.1, 0.15) is 24.5 Å². The van der Waals surface area contributed by atoms with Gasteiger partial charge >= 0.3 is 12.4 Å². The van der Waals surface area contributed by atoms with Crippen molar-refractivity contribution in [1.29, 1.82) is 0 Å². The number of aromatic amines is 1. The van der Waals surface area contributed by atoms with E-state index in [0.717, 1.165) is 17.2 Å². The lowest BCUT2D eigenvalue weighted by molar-refractivity contribution is -0.141. The zero-order valence-corrected chi connectivity index (χ0v) is 21.2. The van der Waals surface area contributed by atoms with Gasteiger partial charge in [0.1, 0.15) is 12.1 Å². The van der Waals surface area contributed by atoms with Crippen molar-refractivity contribution in [2.45, 2.75) is 37.8 Å². The van der Waals surface area contributed by atoms with E-state index in [1.807, 2.05) is 0 Å². The minimum atomic E-state index is -4.96. The fraction of sp³-hybridized carbons (Fsp3) is 0.522. The maximum absolute atomic E-state index is 13.1. The van der Waals surface area contributed by atoms with E-state index in [4.69, 9.17) is 9.47 Å². The van der Waals surface area contributed by atoms with Gasteiger partial charge < -0.3 is 24.2 Å². The molecule has 40 heavy (non-hydrogen) atoms. The number of pyridine rings is 1. The molecule has 0 spiro atoms. The molecule has 4 rings (SSSR count). The Balaban J connectivity index is 1.30. The van der Waals surface area contributed by atoms with E-state index in [1.54, 1.807) is 10.00 Å². The van der Waals surface area contributed by atoms with Gasteiger partial charge in [0.15, 0.2) is 17.1 Å². The molecular formula is C23H24F6N6O5. The predicted molar refractivity (Wildman–Crippen MR) is 126 cm³/mol. The largest absolute Gasteiger partial charge is 0.486 e. The number of anilines is 2. The maximum atomic E-state index is 13.1. The average molecular weight is 578 g/mol. The lowest BCUT2D eigenvalue weighted by atomic mass is 10.0. The van der Waals surface area contributed by atoms with Crippen LogP contribution in [0.3, 0.4) is 0 Å². The lowest BCUT2D eigenvalue weighted by Crippen LogP contribution is -2.63. The second-order valence-electron chi connectivity index (χ2n) is 9.20. The smallest absolute Gasteiger partial charge is 0.425 e. The van der Waals surface area contributed by atoms with Crippen LogP contribution in [-0.4, -0.2) is 83.9 Å². The number of likely N-dealkylation sites (N-methyl/N-ethyl adjacent to an activating group) is 1. The summed E-state index contributed by atoms with van der Waals surface area (Å²) in [5.41, 5.74) is -3.92. The third-order valence-corrected chi connectivity index (χ3v) is 6.40. The van der Waals surface area contributed by atoms with Crippen molar-refractivity contribution in [3.63, 3.8) is 0 Å². The number of halogens is 6. The first kappa shape index (κ1) is 29.1. The molecule has 2 aromatic rings. The number of hydrogen-bond acceptors (Lipinski definition) is 8. The number of nitrogens with zero attached hydrogens (tertiary/aromatic N) is 5. The molecule has 2 aromatic heterocycles. The number of hydrogen-bond donors (Lipinski definition) is 1. The van der Waals surface area contributed by atoms with Crippen molar-refractivity contribution in [3.05, 3.63) is 39.9 Å². The number of nitrogens with one attached hydrogen (secondary N) is 1. The molecule has 1 N–H and O–H groups in total. The lowest BCUT2D eigenvalue weighted by Gasteiger charge is -2.46. The van der Waals surface area contributed by atoms with Crippen molar-refractivity contribution in [2.24, 2.45) is 0 Å². The highest BCUT2D eigenvalue weighted by molar-refractivity contribution is 6.05. The topological polar surface area (TPSA) is 121 Å². The number of piperazine rings is 1. The van der Waals surface area contributed by atoms with Gasteiger partial charge in [0.05, 0.1) is 43.6 Å². The molecule has 17 heteroatoms. The van der Waals surface area contributed by atoms with E-state index < -0.39 is 52.8 Å². The first-order valence-electron chi connectivity index (χ1n) is 12.0. The second-order valence-corrected chi connectivity index (χ2v) is 9.20. The normalized spacial score (nSPS) is 18.4. The van der Waals surface area contributed by atoms with E-state index in [9.17, 15) is 40.7 Å². The fourth-order valence-corrected chi connectivity index (χ4v) is 4.44. The minimum absolute atomic E-state index is 0.0144. The number of rotatable bonds is 7. The Labute approximate surface area is 222 Å². The van der Waals surface area contributed by atoms with Gasteiger partial charge in [-0.25, -0.2) is 10.1 Å². The van der Waals surface area contributed by atoms with E-state index >= 15 is 0 Å². The first-order valence-corrected chi connectivity index (χ1v) is 12.0. The Kier molecular flexibility index (Phi) is 7.96. The van der Waals surface area contributed by atoms with E-state index in [-0.39, 0.29) is 56.7 Å². The number of carbonyl (C=O) groups excluding carboxylic acids is 2. The number of H-pyrrole nitrogens is 1. The molecule has 0 radical (unpaired) electrons. The molecule has 218 valence electrons. The summed E-state index contributed by atoms with van der Waals surface area (Å²) in [5, 5.41) is 5.02. The number of ether oxygens (including phenoxy) is 2. The quantitative estimate of drug-likeness (QED) is 0.392. The van der Waals surface area contributed by atoms with Gasteiger partial charge in [0.25, 0.3) is 11.5 Å². The molecule has 4 heterocycles. The molecule has 2 atom stereocenters. The Bertz CT molecular complexity index is 1330. The summed E-state index contributed by atoms with van der Waals surface area (Å²) in [5.74, 6) is -1.38. The second kappa shape index (κ2) is 10.9. The Hall–Kier alpha value is -3.89. The number of fused-ring (bicyclic) bond motifs is 3. The first-order chi connectivity index (χ1) is 18.7. The van der Waals surface area contributed by atoms with E-state index in [1.165, 1.54) is 18.9 Å². The van der Waals surface area contributed by atoms with Crippen LogP contribution in [0.5, 0.6) is 5.75 Å². The Morgan fingerprint density at radius 2 is 1.88 bits per heavy atom. The summed E-state index contributed by atoms with van der Waals surface area (Å²) < 4.78 is 89.3. The van der Waals surface area contributed by atoms with Crippen LogP contribution in [0.25, 0.3) is 0 Å². The zero-order chi connectivity index (χ0) is 29.4. The van der Waals surface area contributed by atoms with Crippen LogP contribution in [0, 0.1) is 0 Å². The van der Waals surface area contributed by atoms with Crippen LogP contribution in [0.15, 0.2) is 23.3 Å². The summed E-state index contributed by atoms with van der Waals surface area (Å²) in [4.78, 5) is 45.3. The van der Waals surface area contributed by atoms with Crippen molar-refractivity contribution < 1.29 is 45.4 Å².